The molecule has 0 bridgehead atoms. The highest BCUT2D eigenvalue weighted by Gasteiger charge is 2.37. The minimum Gasteiger partial charge on any atom is -0.339 e. The molecule has 1 atom stereocenters. The lowest BCUT2D eigenvalue weighted by Gasteiger charge is -2.49. The molecule has 0 unspecified atom stereocenters. The second kappa shape index (κ2) is 6.55. The molecule has 0 aliphatic carbocycles. The van der Waals surface area contributed by atoms with Crippen LogP contribution in [0.5, 0.6) is 0 Å². The highest BCUT2D eigenvalue weighted by molar-refractivity contribution is 5.77. The van der Waals surface area contributed by atoms with E-state index in [1.807, 2.05) is 39.9 Å². The fraction of sp³-hybridized carbons (Fsp3) is 0.579. The summed E-state index contributed by atoms with van der Waals surface area (Å²) in [6.45, 7) is 5.35. The van der Waals surface area contributed by atoms with Gasteiger partial charge in [-0.25, -0.2) is 4.98 Å². The first-order valence-corrected chi connectivity index (χ1v) is 9.17. The molecule has 0 N–H and O–H groups in total. The summed E-state index contributed by atoms with van der Waals surface area (Å²) in [5.41, 5.74) is 1.94. The van der Waals surface area contributed by atoms with Crippen molar-refractivity contribution >= 4 is 11.6 Å². The van der Waals surface area contributed by atoms with Crippen molar-refractivity contribution in [2.75, 3.05) is 19.6 Å². The highest BCUT2D eigenvalue weighted by Crippen LogP contribution is 2.25. The predicted octanol–water partition coefficient (Wildman–Crippen LogP) is 2.35. The van der Waals surface area contributed by atoms with Gasteiger partial charge in [0.2, 0.25) is 5.91 Å². The Morgan fingerprint density at radius 3 is 2.96 bits per heavy atom. The van der Waals surface area contributed by atoms with Crippen LogP contribution in [0.1, 0.15) is 38.3 Å². The molecule has 2 fully saturated rings. The Morgan fingerprint density at radius 2 is 2.17 bits per heavy atom. The maximum Gasteiger partial charge on any atom is 0.223 e. The van der Waals surface area contributed by atoms with Crippen LogP contribution in [0.15, 0.2) is 30.6 Å². The molecule has 24 heavy (non-hydrogen) atoms. The molecule has 0 spiro atoms. The Kier molecular flexibility index (Phi) is 4.27. The van der Waals surface area contributed by atoms with Crippen LogP contribution < -0.4 is 0 Å². The predicted molar refractivity (Wildman–Crippen MR) is 93.9 cm³/mol. The van der Waals surface area contributed by atoms with Crippen LogP contribution >= 0.6 is 0 Å². The molecule has 4 rings (SSSR count). The topological polar surface area (TPSA) is 40.9 Å². The number of imidazole rings is 1. The van der Waals surface area contributed by atoms with Gasteiger partial charge in [0.15, 0.2) is 0 Å². The van der Waals surface area contributed by atoms with E-state index in [-0.39, 0.29) is 5.91 Å². The van der Waals surface area contributed by atoms with Crippen molar-refractivity contribution in [2.45, 2.75) is 51.1 Å². The van der Waals surface area contributed by atoms with E-state index >= 15 is 0 Å². The summed E-state index contributed by atoms with van der Waals surface area (Å²) in [5.74, 6) is 0.271. The SMILES string of the molecule is C[C@@H]1CCCCN1C1CN(C(=O)CCc2cn3ccccc3n2)C1. The quantitative estimate of drug-likeness (QED) is 0.866. The summed E-state index contributed by atoms with van der Waals surface area (Å²) in [7, 11) is 0. The number of carbonyl (C=O) groups is 1. The number of rotatable bonds is 4. The van der Waals surface area contributed by atoms with Gasteiger partial charge in [-0.15, -0.1) is 0 Å². The molecule has 4 heterocycles. The van der Waals surface area contributed by atoms with Gasteiger partial charge in [-0.1, -0.05) is 12.5 Å². The maximum absolute atomic E-state index is 12.4. The fourth-order valence-corrected chi connectivity index (χ4v) is 4.03. The Labute approximate surface area is 143 Å². The third-order valence-electron chi connectivity index (χ3n) is 5.55. The van der Waals surface area contributed by atoms with Crippen molar-refractivity contribution in [2.24, 2.45) is 0 Å². The second-order valence-corrected chi connectivity index (χ2v) is 7.23. The molecule has 0 radical (unpaired) electrons. The summed E-state index contributed by atoms with van der Waals surface area (Å²) >= 11 is 0. The zero-order valence-electron chi connectivity index (χ0n) is 14.4. The Morgan fingerprint density at radius 1 is 1.29 bits per heavy atom. The van der Waals surface area contributed by atoms with Crippen LogP contribution in [-0.4, -0.2) is 56.8 Å². The lowest BCUT2D eigenvalue weighted by atomic mass is 9.97. The minimum atomic E-state index is 0.271. The van der Waals surface area contributed by atoms with Crippen LogP contribution in [0, 0.1) is 0 Å². The van der Waals surface area contributed by atoms with Gasteiger partial charge in [-0.2, -0.15) is 0 Å². The van der Waals surface area contributed by atoms with Gasteiger partial charge in [0, 0.05) is 44.0 Å². The average Bonchev–Trinajstić information content (AvgIpc) is 2.96. The monoisotopic (exact) mass is 326 g/mol. The summed E-state index contributed by atoms with van der Waals surface area (Å²) < 4.78 is 2.01. The molecule has 2 aromatic rings. The number of pyridine rings is 1. The van der Waals surface area contributed by atoms with Crippen molar-refractivity contribution in [1.82, 2.24) is 19.2 Å². The molecule has 1 amide bonds. The van der Waals surface area contributed by atoms with E-state index in [4.69, 9.17) is 0 Å². The molecule has 0 saturated carbocycles. The number of fused-ring (bicyclic) bond motifs is 1. The van der Waals surface area contributed by atoms with E-state index in [1.54, 1.807) is 0 Å². The van der Waals surface area contributed by atoms with Crippen LogP contribution in [-0.2, 0) is 11.2 Å². The normalized spacial score (nSPS) is 22.7. The molecule has 128 valence electrons. The first-order valence-electron chi connectivity index (χ1n) is 9.17. The Bertz CT molecular complexity index is 686. The molecule has 2 aliphatic heterocycles. The van der Waals surface area contributed by atoms with Crippen molar-refractivity contribution in [3.05, 3.63) is 36.3 Å². The standard InChI is InChI=1S/C19H26N4O/c1-15-6-2-5-11-23(15)17-13-22(14-17)19(24)9-8-16-12-21-10-4-3-7-18(21)20-16/h3-4,7,10,12,15,17H,2,5-6,8-9,11,13-14H2,1H3/t15-/m1/s1. The van der Waals surface area contributed by atoms with Gasteiger partial charge in [0.25, 0.3) is 0 Å². The largest absolute Gasteiger partial charge is 0.339 e. The first-order chi connectivity index (χ1) is 11.7. The van der Waals surface area contributed by atoms with Gasteiger partial charge < -0.3 is 9.30 Å². The lowest BCUT2D eigenvalue weighted by molar-refractivity contribution is -0.139. The molecule has 2 saturated heterocycles. The number of carbonyl (C=O) groups excluding carboxylic acids is 1. The van der Waals surface area contributed by atoms with Gasteiger partial charge in [0.05, 0.1) is 5.69 Å². The average molecular weight is 326 g/mol. The maximum atomic E-state index is 12.4. The van der Waals surface area contributed by atoms with E-state index in [2.05, 4.69) is 16.8 Å². The molecular formula is C19H26N4O. The smallest absolute Gasteiger partial charge is 0.223 e. The Balaban J connectivity index is 1.27. The molecule has 2 aliphatic rings. The van der Waals surface area contributed by atoms with E-state index < -0.39 is 0 Å². The van der Waals surface area contributed by atoms with Crippen LogP contribution in [0.3, 0.4) is 0 Å². The molecular weight excluding hydrogens is 300 g/mol. The fourth-order valence-electron chi connectivity index (χ4n) is 4.03. The third kappa shape index (κ3) is 3.05. The van der Waals surface area contributed by atoms with Crippen LogP contribution in [0.2, 0.25) is 0 Å². The highest BCUT2D eigenvalue weighted by atomic mass is 16.2. The zero-order valence-corrected chi connectivity index (χ0v) is 14.4. The minimum absolute atomic E-state index is 0.271. The van der Waals surface area contributed by atoms with Crippen molar-refractivity contribution in [3.8, 4) is 0 Å². The number of aryl methyl sites for hydroxylation is 1. The van der Waals surface area contributed by atoms with E-state index in [1.165, 1.54) is 25.8 Å². The number of aromatic nitrogens is 2. The van der Waals surface area contributed by atoms with Crippen molar-refractivity contribution < 1.29 is 4.79 Å². The first kappa shape index (κ1) is 15.6. The van der Waals surface area contributed by atoms with Crippen LogP contribution in [0.4, 0.5) is 0 Å². The van der Waals surface area contributed by atoms with Crippen LogP contribution in [0.25, 0.3) is 5.65 Å². The van der Waals surface area contributed by atoms with E-state index in [0.29, 0.717) is 18.5 Å². The molecule has 5 heteroatoms. The van der Waals surface area contributed by atoms with Gasteiger partial charge in [0.1, 0.15) is 5.65 Å². The summed E-state index contributed by atoms with van der Waals surface area (Å²) in [6.07, 6.45) is 9.27. The van der Waals surface area contributed by atoms with E-state index in [9.17, 15) is 4.79 Å². The lowest BCUT2D eigenvalue weighted by Crippen LogP contribution is -2.63. The number of piperidine rings is 1. The summed E-state index contributed by atoms with van der Waals surface area (Å²) in [5, 5.41) is 0. The summed E-state index contributed by atoms with van der Waals surface area (Å²) in [4.78, 5) is 21.6. The zero-order chi connectivity index (χ0) is 16.5. The van der Waals surface area contributed by atoms with Gasteiger partial charge in [-0.3, -0.25) is 9.69 Å². The molecule has 2 aromatic heterocycles. The van der Waals surface area contributed by atoms with E-state index in [0.717, 1.165) is 30.9 Å². The number of hydrogen-bond donors (Lipinski definition) is 0. The number of nitrogens with zero attached hydrogens (tertiary/aromatic N) is 4. The number of likely N-dealkylation sites (tertiary alicyclic amines) is 2. The second-order valence-electron chi connectivity index (χ2n) is 7.23. The third-order valence-corrected chi connectivity index (χ3v) is 5.55. The number of amides is 1. The van der Waals surface area contributed by atoms with Gasteiger partial charge in [-0.05, 0) is 44.9 Å². The van der Waals surface area contributed by atoms with Crippen molar-refractivity contribution in [1.29, 1.82) is 0 Å². The number of hydrogen-bond acceptors (Lipinski definition) is 3. The Hall–Kier alpha value is -1.88. The molecule has 0 aromatic carbocycles. The summed E-state index contributed by atoms with van der Waals surface area (Å²) in [6, 6.07) is 7.23. The van der Waals surface area contributed by atoms with Crippen molar-refractivity contribution in [3.63, 3.8) is 0 Å². The van der Waals surface area contributed by atoms with Gasteiger partial charge >= 0.3 is 0 Å². The molecule has 5 nitrogen and oxygen atoms in total.